The number of likely N-dealkylation sites (N-methyl/N-ethyl adjacent to an activating group) is 1. The van der Waals surface area contributed by atoms with Gasteiger partial charge in [-0.15, -0.1) is 11.3 Å². The number of carbonyl (C=O) groups is 1. The maximum Gasteiger partial charge on any atom is 0.253 e. The van der Waals surface area contributed by atoms with Crippen molar-refractivity contribution in [2.24, 2.45) is 0 Å². The highest BCUT2D eigenvalue weighted by Crippen LogP contribution is 2.26. The summed E-state index contributed by atoms with van der Waals surface area (Å²) in [4.78, 5) is 19.0. The number of aliphatic hydroxyl groups excluding tert-OH is 1. The van der Waals surface area contributed by atoms with Crippen molar-refractivity contribution in [1.29, 1.82) is 0 Å². The van der Waals surface area contributed by atoms with E-state index in [0.29, 0.717) is 18.2 Å². The van der Waals surface area contributed by atoms with Crippen molar-refractivity contribution in [3.63, 3.8) is 0 Å². The van der Waals surface area contributed by atoms with Gasteiger partial charge in [0.2, 0.25) is 0 Å². The van der Waals surface area contributed by atoms with Crippen LogP contribution in [0.4, 0.5) is 0 Å². The van der Waals surface area contributed by atoms with Crippen LogP contribution in [0.5, 0.6) is 0 Å². The Morgan fingerprint density at radius 3 is 2.62 bits per heavy atom. The average molecular weight is 450 g/mol. The minimum absolute atomic E-state index is 0.0369. The predicted octanol–water partition coefficient (Wildman–Crippen LogP) is 4.16. The Hall–Kier alpha value is -2.54. The van der Waals surface area contributed by atoms with Crippen molar-refractivity contribution < 1.29 is 9.90 Å². The van der Waals surface area contributed by atoms with Gasteiger partial charge in [0.25, 0.3) is 5.91 Å². The van der Waals surface area contributed by atoms with Gasteiger partial charge in [0, 0.05) is 48.7 Å². The van der Waals surface area contributed by atoms with E-state index in [2.05, 4.69) is 10.3 Å². The number of benzene rings is 2. The highest BCUT2D eigenvalue weighted by Gasteiger charge is 2.29. The maximum atomic E-state index is 12.7. The molecule has 1 aliphatic rings. The average Bonchev–Trinajstić information content (AvgIpc) is 3.46. The number of hydrogen-bond donors (Lipinski definition) is 2. The molecular formula is C26H31N3O2S. The quantitative estimate of drug-likeness (QED) is 0.542. The third kappa shape index (κ3) is 5.63. The highest BCUT2D eigenvalue weighted by molar-refractivity contribution is 7.09. The zero-order valence-corrected chi connectivity index (χ0v) is 19.5. The Bertz CT molecular complexity index is 1020. The van der Waals surface area contributed by atoms with E-state index in [1.165, 1.54) is 5.56 Å². The van der Waals surface area contributed by atoms with Crippen LogP contribution in [-0.2, 0) is 12.8 Å². The third-order valence-corrected chi connectivity index (χ3v) is 7.18. The second-order valence-electron chi connectivity index (χ2n) is 8.66. The molecule has 2 aromatic carbocycles. The fraction of sp³-hybridized carbons (Fsp3) is 0.385. The molecule has 4 rings (SSSR count). The molecule has 32 heavy (non-hydrogen) atoms. The molecule has 6 heteroatoms. The molecule has 0 bridgehead atoms. The summed E-state index contributed by atoms with van der Waals surface area (Å²) in [5, 5.41) is 17.4. The highest BCUT2D eigenvalue weighted by atomic mass is 32.1. The second-order valence-corrected chi connectivity index (χ2v) is 9.61. The molecule has 0 spiro atoms. The number of amides is 1. The van der Waals surface area contributed by atoms with E-state index in [-0.39, 0.29) is 11.9 Å². The number of aryl methyl sites for hydroxylation is 1. The van der Waals surface area contributed by atoms with Gasteiger partial charge in [0.05, 0.1) is 11.1 Å². The van der Waals surface area contributed by atoms with Crippen LogP contribution in [-0.4, -0.2) is 46.6 Å². The number of hydrogen-bond acceptors (Lipinski definition) is 5. The van der Waals surface area contributed by atoms with Gasteiger partial charge < -0.3 is 15.3 Å². The molecule has 1 saturated heterocycles. The van der Waals surface area contributed by atoms with Gasteiger partial charge in [-0.3, -0.25) is 4.79 Å². The zero-order chi connectivity index (χ0) is 22.5. The molecule has 1 aliphatic heterocycles. The lowest BCUT2D eigenvalue weighted by atomic mass is 10.0. The lowest BCUT2D eigenvalue weighted by Crippen LogP contribution is -2.35. The molecule has 0 saturated carbocycles. The first-order valence-corrected chi connectivity index (χ1v) is 12.1. The maximum absolute atomic E-state index is 12.7. The summed E-state index contributed by atoms with van der Waals surface area (Å²) < 4.78 is 0. The normalized spacial score (nSPS) is 19.1. The molecule has 168 valence electrons. The number of nitrogens with zero attached hydrogens (tertiary/aromatic N) is 2. The second kappa shape index (κ2) is 10.4. The summed E-state index contributed by atoms with van der Waals surface area (Å²) in [5.74, 6) is 0.0369. The molecule has 1 amide bonds. The van der Waals surface area contributed by atoms with Gasteiger partial charge in [-0.1, -0.05) is 42.5 Å². The summed E-state index contributed by atoms with van der Waals surface area (Å²) in [7, 11) is 1.84. The Morgan fingerprint density at radius 2 is 1.94 bits per heavy atom. The molecule has 1 aromatic heterocycles. The molecule has 2 heterocycles. The van der Waals surface area contributed by atoms with Crippen LogP contribution in [0, 0.1) is 6.92 Å². The summed E-state index contributed by atoms with van der Waals surface area (Å²) in [6.07, 6.45) is 3.19. The Kier molecular flexibility index (Phi) is 7.35. The van der Waals surface area contributed by atoms with Gasteiger partial charge in [-0.25, -0.2) is 4.98 Å². The van der Waals surface area contributed by atoms with Crippen molar-refractivity contribution in [1.82, 2.24) is 15.2 Å². The molecule has 0 unspecified atom stereocenters. The van der Waals surface area contributed by atoms with Crippen molar-refractivity contribution in [2.75, 3.05) is 13.6 Å². The largest absolute Gasteiger partial charge is 0.387 e. The standard InChI is InChI=1S/C26H31N3O2S/c1-18-17-32-24(27-18)14-15-29(2)26(31)21-10-8-19(9-11-21)16-22-12-13-23(28-22)25(30)20-6-4-3-5-7-20/h3-11,17,22-23,25,28,30H,12-16H2,1-2H3/t22-,23+,25+/m0/s1. The first-order chi connectivity index (χ1) is 15.5. The summed E-state index contributed by atoms with van der Waals surface area (Å²) in [6.45, 7) is 2.65. The van der Waals surface area contributed by atoms with Crippen molar-refractivity contribution in [3.05, 3.63) is 87.4 Å². The van der Waals surface area contributed by atoms with Gasteiger partial charge in [-0.2, -0.15) is 0 Å². The molecule has 3 aromatic rings. The van der Waals surface area contributed by atoms with Gasteiger partial charge >= 0.3 is 0 Å². The zero-order valence-electron chi connectivity index (χ0n) is 18.7. The molecule has 3 atom stereocenters. The van der Waals surface area contributed by atoms with E-state index < -0.39 is 6.10 Å². The molecule has 0 aliphatic carbocycles. The van der Waals surface area contributed by atoms with E-state index in [4.69, 9.17) is 0 Å². The molecule has 2 N–H and O–H groups in total. The topological polar surface area (TPSA) is 65.5 Å². The van der Waals surface area contributed by atoms with E-state index in [1.807, 2.05) is 73.9 Å². The third-order valence-electron chi connectivity index (χ3n) is 6.16. The van der Waals surface area contributed by atoms with Gasteiger partial charge in [-0.05, 0) is 49.4 Å². The van der Waals surface area contributed by atoms with Gasteiger partial charge in [0.1, 0.15) is 0 Å². The monoisotopic (exact) mass is 449 g/mol. The summed E-state index contributed by atoms with van der Waals surface area (Å²) in [6, 6.07) is 18.2. The number of carbonyl (C=O) groups excluding carboxylic acids is 1. The SMILES string of the molecule is Cc1csc(CCN(C)C(=O)c2ccc(C[C@@H]3CC[C@H]([C@H](O)c4ccccc4)N3)cc2)n1. The Morgan fingerprint density at radius 1 is 1.19 bits per heavy atom. The van der Waals surface area contributed by atoms with E-state index >= 15 is 0 Å². The summed E-state index contributed by atoms with van der Waals surface area (Å²) >= 11 is 1.65. The van der Waals surface area contributed by atoms with Crippen molar-refractivity contribution >= 4 is 17.2 Å². The smallest absolute Gasteiger partial charge is 0.253 e. The summed E-state index contributed by atoms with van der Waals surface area (Å²) in [5.41, 5.74) is 3.91. The first kappa shape index (κ1) is 22.6. The number of aromatic nitrogens is 1. The lowest BCUT2D eigenvalue weighted by Gasteiger charge is -2.20. The molecule has 0 radical (unpaired) electrons. The molecule has 1 fully saturated rings. The van der Waals surface area contributed by atoms with Crippen LogP contribution in [0.3, 0.4) is 0 Å². The van der Waals surface area contributed by atoms with Crippen LogP contribution in [0.2, 0.25) is 0 Å². The van der Waals surface area contributed by atoms with Crippen LogP contribution in [0.25, 0.3) is 0 Å². The van der Waals surface area contributed by atoms with Crippen LogP contribution in [0.15, 0.2) is 60.0 Å². The number of nitrogens with one attached hydrogen (secondary N) is 1. The van der Waals surface area contributed by atoms with E-state index in [0.717, 1.165) is 41.9 Å². The minimum atomic E-state index is -0.481. The molecular weight excluding hydrogens is 418 g/mol. The van der Waals surface area contributed by atoms with Crippen LogP contribution in [0.1, 0.15) is 51.1 Å². The van der Waals surface area contributed by atoms with Crippen molar-refractivity contribution in [3.8, 4) is 0 Å². The van der Waals surface area contributed by atoms with Gasteiger partial charge in [0.15, 0.2) is 0 Å². The number of thiazole rings is 1. The van der Waals surface area contributed by atoms with Crippen LogP contribution >= 0.6 is 11.3 Å². The first-order valence-electron chi connectivity index (χ1n) is 11.2. The lowest BCUT2D eigenvalue weighted by molar-refractivity contribution is 0.0796. The van der Waals surface area contributed by atoms with E-state index in [1.54, 1.807) is 16.2 Å². The number of rotatable bonds is 8. The number of aliphatic hydroxyl groups is 1. The van der Waals surface area contributed by atoms with Crippen molar-refractivity contribution in [2.45, 2.75) is 50.8 Å². The molecule has 5 nitrogen and oxygen atoms in total. The predicted molar refractivity (Wildman–Crippen MR) is 129 cm³/mol. The van der Waals surface area contributed by atoms with E-state index in [9.17, 15) is 9.90 Å². The Balaban J connectivity index is 1.27. The fourth-order valence-corrected chi connectivity index (χ4v) is 5.08. The minimum Gasteiger partial charge on any atom is -0.387 e. The van der Waals surface area contributed by atoms with Crippen LogP contribution < -0.4 is 5.32 Å². The Labute approximate surface area is 194 Å². The fourth-order valence-electron chi connectivity index (χ4n) is 4.31.